The van der Waals surface area contributed by atoms with Crippen LogP contribution in [0.15, 0.2) is 119 Å². The molecule has 2 nitrogen and oxygen atoms in total. The Hall–Kier alpha value is -3.43. The molecule has 2 aromatic heterocycles. The van der Waals surface area contributed by atoms with Gasteiger partial charge in [-0.05, 0) is 70.3 Å². The van der Waals surface area contributed by atoms with Crippen LogP contribution in [0.2, 0.25) is 0 Å². The molecule has 0 amide bonds. The van der Waals surface area contributed by atoms with E-state index in [1.807, 2.05) is 24.5 Å². The monoisotopic (exact) mass is 420 g/mol. The van der Waals surface area contributed by atoms with E-state index in [4.69, 9.17) is 4.98 Å². The van der Waals surface area contributed by atoms with Crippen molar-refractivity contribution in [1.29, 1.82) is 0 Å². The number of fused-ring (bicyclic) bond motifs is 1. The minimum atomic E-state index is -1.18. The van der Waals surface area contributed by atoms with Crippen LogP contribution in [0.4, 0.5) is 0 Å². The summed E-state index contributed by atoms with van der Waals surface area (Å²) in [6.45, 7) is 0. The molecule has 0 unspecified atom stereocenters. The Morgan fingerprint density at radius 3 is 2.16 bits per heavy atom. The standard InChI is InChI=1S/C28H24N2S/c1-31(2,27-13-6-7-17-29-27)25-14-15-26-23(20-25)16-18-30-28(26)24-12-8-11-22(19-24)21-9-4-3-5-10-21/h3-20H,1-2H3. The van der Waals surface area contributed by atoms with E-state index < -0.39 is 10.0 Å². The molecule has 0 spiro atoms. The summed E-state index contributed by atoms with van der Waals surface area (Å²) in [5, 5.41) is 3.54. The lowest BCUT2D eigenvalue weighted by atomic mass is 9.99. The molecule has 2 heterocycles. The summed E-state index contributed by atoms with van der Waals surface area (Å²) in [6, 6.07) is 34.2. The largest absolute Gasteiger partial charge is 0.256 e. The number of rotatable bonds is 4. The van der Waals surface area contributed by atoms with Gasteiger partial charge in [-0.25, -0.2) is 0 Å². The first-order chi connectivity index (χ1) is 15.1. The number of aromatic nitrogens is 2. The van der Waals surface area contributed by atoms with Gasteiger partial charge in [0.15, 0.2) is 0 Å². The van der Waals surface area contributed by atoms with Gasteiger partial charge in [0.25, 0.3) is 0 Å². The first kappa shape index (κ1) is 19.5. The Balaban J connectivity index is 1.59. The van der Waals surface area contributed by atoms with Crippen LogP contribution >= 0.6 is 10.0 Å². The van der Waals surface area contributed by atoms with E-state index in [1.54, 1.807) is 0 Å². The SMILES string of the molecule is CS(C)(c1ccc2c(-c3cccc(-c4ccccc4)c3)nccc2c1)c1ccccn1. The van der Waals surface area contributed by atoms with Crippen LogP contribution in [0.5, 0.6) is 0 Å². The summed E-state index contributed by atoms with van der Waals surface area (Å²) in [4.78, 5) is 10.7. The molecule has 0 aliphatic heterocycles. The van der Waals surface area contributed by atoms with Crippen molar-refractivity contribution >= 4 is 20.8 Å². The Kier molecular flexibility index (Phi) is 5.05. The molecule has 0 atom stereocenters. The number of hydrogen-bond acceptors (Lipinski definition) is 2. The quantitative estimate of drug-likeness (QED) is 0.302. The van der Waals surface area contributed by atoms with Crippen LogP contribution in [0.3, 0.4) is 0 Å². The van der Waals surface area contributed by atoms with Crippen molar-refractivity contribution in [2.24, 2.45) is 0 Å². The van der Waals surface area contributed by atoms with E-state index in [2.05, 4.69) is 102 Å². The lowest BCUT2D eigenvalue weighted by molar-refractivity contribution is 1.11. The normalized spacial score (nSPS) is 12.1. The molecule has 3 aromatic carbocycles. The number of hydrogen-bond donors (Lipinski definition) is 0. The fraction of sp³-hybridized carbons (Fsp3) is 0.0714. The van der Waals surface area contributed by atoms with Gasteiger partial charge < -0.3 is 0 Å². The highest BCUT2D eigenvalue weighted by Crippen LogP contribution is 2.55. The van der Waals surface area contributed by atoms with Crippen molar-refractivity contribution in [1.82, 2.24) is 9.97 Å². The van der Waals surface area contributed by atoms with Gasteiger partial charge in [0.05, 0.1) is 10.7 Å². The van der Waals surface area contributed by atoms with Crippen molar-refractivity contribution in [3.8, 4) is 22.4 Å². The second kappa shape index (κ2) is 8.01. The molecule has 0 fully saturated rings. The van der Waals surface area contributed by atoms with E-state index in [0.29, 0.717) is 0 Å². The molecule has 0 aliphatic rings. The Morgan fingerprint density at radius 2 is 1.35 bits per heavy atom. The summed E-state index contributed by atoms with van der Waals surface area (Å²) in [5.41, 5.74) is 4.57. The van der Waals surface area contributed by atoms with Crippen molar-refractivity contribution in [3.05, 3.63) is 109 Å². The highest BCUT2D eigenvalue weighted by molar-refractivity contribution is 8.32. The maximum absolute atomic E-state index is 4.76. The van der Waals surface area contributed by atoms with Gasteiger partial charge in [-0.15, -0.1) is 0 Å². The summed E-state index contributed by atoms with van der Waals surface area (Å²) in [5.74, 6) is 0. The summed E-state index contributed by atoms with van der Waals surface area (Å²) >= 11 is 0. The topological polar surface area (TPSA) is 25.8 Å². The molecule has 5 aromatic rings. The van der Waals surface area contributed by atoms with Crippen LogP contribution < -0.4 is 0 Å². The van der Waals surface area contributed by atoms with Crippen LogP contribution in [0.25, 0.3) is 33.2 Å². The zero-order valence-corrected chi connectivity index (χ0v) is 18.5. The highest BCUT2D eigenvalue weighted by Gasteiger charge is 2.19. The van der Waals surface area contributed by atoms with E-state index >= 15 is 0 Å². The average molecular weight is 421 g/mol. The summed E-state index contributed by atoms with van der Waals surface area (Å²) in [7, 11) is -1.18. The van der Waals surface area contributed by atoms with Crippen LogP contribution in [-0.4, -0.2) is 22.5 Å². The smallest absolute Gasteiger partial charge is 0.0825 e. The minimum Gasteiger partial charge on any atom is -0.256 e. The third kappa shape index (κ3) is 3.73. The van der Waals surface area contributed by atoms with Gasteiger partial charge in [-0.1, -0.05) is 60.7 Å². The van der Waals surface area contributed by atoms with Crippen molar-refractivity contribution < 1.29 is 0 Å². The van der Waals surface area contributed by atoms with Crippen LogP contribution in [0.1, 0.15) is 0 Å². The van der Waals surface area contributed by atoms with Gasteiger partial charge in [0, 0.05) is 23.3 Å². The summed E-state index contributed by atoms with van der Waals surface area (Å²) < 4.78 is 0. The van der Waals surface area contributed by atoms with E-state index in [0.717, 1.165) is 16.3 Å². The second-order valence-corrected chi connectivity index (χ2v) is 11.5. The molecule has 0 aliphatic carbocycles. The predicted octanol–water partition coefficient (Wildman–Crippen LogP) is 7.45. The van der Waals surface area contributed by atoms with Crippen molar-refractivity contribution in [2.75, 3.05) is 12.5 Å². The molecule has 0 radical (unpaired) electrons. The van der Waals surface area contributed by atoms with Gasteiger partial charge in [-0.3, -0.25) is 9.97 Å². The zero-order chi connectivity index (χ0) is 21.3. The van der Waals surface area contributed by atoms with E-state index in [1.165, 1.54) is 26.8 Å². The van der Waals surface area contributed by atoms with E-state index in [9.17, 15) is 0 Å². The van der Waals surface area contributed by atoms with Crippen molar-refractivity contribution in [2.45, 2.75) is 9.92 Å². The van der Waals surface area contributed by atoms with E-state index in [-0.39, 0.29) is 0 Å². The molecule has 31 heavy (non-hydrogen) atoms. The second-order valence-electron chi connectivity index (χ2n) is 7.98. The van der Waals surface area contributed by atoms with Crippen molar-refractivity contribution in [3.63, 3.8) is 0 Å². The number of nitrogens with zero attached hydrogens (tertiary/aromatic N) is 2. The molecule has 0 saturated carbocycles. The third-order valence-corrected chi connectivity index (χ3v) is 8.45. The first-order valence-electron chi connectivity index (χ1n) is 10.3. The lowest BCUT2D eigenvalue weighted by Gasteiger charge is -2.31. The first-order valence-corrected chi connectivity index (χ1v) is 12.8. The zero-order valence-electron chi connectivity index (χ0n) is 17.7. The fourth-order valence-corrected chi connectivity index (χ4v) is 5.76. The Bertz CT molecular complexity index is 1350. The molecular formula is C28H24N2S. The number of pyridine rings is 2. The molecule has 0 N–H and O–H groups in total. The molecule has 5 rings (SSSR count). The number of benzene rings is 3. The molecule has 3 heteroatoms. The summed E-state index contributed by atoms with van der Waals surface area (Å²) in [6.07, 6.45) is 8.41. The van der Waals surface area contributed by atoms with Gasteiger partial charge in [0.1, 0.15) is 0 Å². The molecule has 152 valence electrons. The Labute approximate surface area is 185 Å². The lowest BCUT2D eigenvalue weighted by Crippen LogP contribution is -2.00. The fourth-order valence-electron chi connectivity index (χ4n) is 3.95. The van der Waals surface area contributed by atoms with Crippen LogP contribution in [0, 0.1) is 0 Å². The maximum atomic E-state index is 4.76. The van der Waals surface area contributed by atoms with Gasteiger partial charge in [-0.2, -0.15) is 10.0 Å². The molecule has 0 bridgehead atoms. The highest BCUT2D eigenvalue weighted by atomic mass is 32.3. The molecular weight excluding hydrogens is 396 g/mol. The minimum absolute atomic E-state index is 1.02. The molecule has 0 saturated heterocycles. The third-order valence-electron chi connectivity index (χ3n) is 5.73. The maximum Gasteiger partial charge on any atom is 0.0825 e. The van der Waals surface area contributed by atoms with Gasteiger partial charge >= 0.3 is 0 Å². The predicted molar refractivity (Wildman–Crippen MR) is 133 cm³/mol. The average Bonchev–Trinajstić information content (AvgIpc) is 2.84. The van der Waals surface area contributed by atoms with Gasteiger partial charge in [0.2, 0.25) is 0 Å². The Morgan fingerprint density at radius 1 is 0.581 bits per heavy atom. The van der Waals surface area contributed by atoms with Crippen LogP contribution in [-0.2, 0) is 0 Å².